The van der Waals surface area contributed by atoms with Gasteiger partial charge in [0.05, 0.1) is 17.6 Å². The van der Waals surface area contributed by atoms with Crippen molar-refractivity contribution in [2.45, 2.75) is 70.4 Å². The number of nitrogens with zero attached hydrogens (tertiary/aromatic N) is 8. The Morgan fingerprint density at radius 3 is 2.40 bits per heavy atom. The highest BCUT2D eigenvalue weighted by Crippen LogP contribution is 2.45. The summed E-state index contributed by atoms with van der Waals surface area (Å²) in [4.78, 5) is 21.4. The highest BCUT2D eigenvalue weighted by molar-refractivity contribution is 6.76. The van der Waals surface area contributed by atoms with Gasteiger partial charge in [-0.2, -0.15) is 27.1 Å². The van der Waals surface area contributed by atoms with Crippen LogP contribution in [0.3, 0.4) is 0 Å². The quantitative estimate of drug-likeness (QED) is 0.0787. The fourth-order valence-corrected chi connectivity index (χ4v) is 5.92. The summed E-state index contributed by atoms with van der Waals surface area (Å²) in [7, 11) is 0.186. The van der Waals surface area contributed by atoms with E-state index in [1.165, 1.54) is 17.9 Å². The van der Waals surface area contributed by atoms with Crippen molar-refractivity contribution in [3.8, 4) is 28.7 Å². The summed E-state index contributed by atoms with van der Waals surface area (Å²) < 4.78 is 80.1. The number of imidazole rings is 1. The monoisotopic (exact) mass is 672 g/mol. The molecule has 1 aliphatic rings. The van der Waals surface area contributed by atoms with Crippen LogP contribution in [0.15, 0.2) is 43.0 Å². The first kappa shape index (κ1) is 32.6. The summed E-state index contributed by atoms with van der Waals surface area (Å²) in [6.07, 6.45) is 1.20. The van der Waals surface area contributed by atoms with Gasteiger partial charge < -0.3 is 14.0 Å². The van der Waals surface area contributed by atoms with E-state index in [2.05, 4.69) is 39.6 Å². The van der Waals surface area contributed by atoms with Gasteiger partial charge in [-0.05, 0) is 24.4 Å². The third-order valence-corrected chi connectivity index (χ3v) is 9.46. The molecule has 6 rings (SSSR count). The fraction of sp³-hybridized carbons (Fsp3) is 0.419. The van der Waals surface area contributed by atoms with Crippen molar-refractivity contribution in [2.75, 3.05) is 6.61 Å². The zero-order chi connectivity index (χ0) is 33.5. The van der Waals surface area contributed by atoms with Gasteiger partial charge >= 0.3 is 12.8 Å². The van der Waals surface area contributed by atoms with Crippen molar-refractivity contribution in [2.24, 2.45) is 7.05 Å². The second kappa shape index (κ2) is 12.7. The number of halogens is 5. The molecule has 16 heteroatoms. The summed E-state index contributed by atoms with van der Waals surface area (Å²) in [5.74, 6) is 0.101. The summed E-state index contributed by atoms with van der Waals surface area (Å²) in [5, 5.41) is 4.80. The molecule has 47 heavy (non-hydrogen) atoms. The molecule has 4 aromatic heterocycles. The lowest BCUT2D eigenvalue weighted by molar-refractivity contribution is -0.140. The van der Waals surface area contributed by atoms with Crippen LogP contribution in [0.25, 0.3) is 33.8 Å². The Bertz CT molecular complexity index is 1880. The number of rotatable bonds is 12. The van der Waals surface area contributed by atoms with Gasteiger partial charge in [0.1, 0.15) is 35.5 Å². The van der Waals surface area contributed by atoms with Crippen LogP contribution in [-0.4, -0.2) is 60.6 Å². The fourth-order valence-electron chi connectivity index (χ4n) is 5.16. The number of ether oxygens (including phenoxy) is 2. The Labute approximate surface area is 268 Å². The van der Waals surface area contributed by atoms with Crippen molar-refractivity contribution < 1.29 is 31.4 Å². The van der Waals surface area contributed by atoms with Gasteiger partial charge in [-0.1, -0.05) is 43.9 Å². The molecular formula is C31H33F5N8O2Si. The van der Waals surface area contributed by atoms with Gasteiger partial charge in [-0.15, -0.1) is 0 Å². The lowest BCUT2D eigenvalue weighted by Crippen LogP contribution is -2.22. The zero-order valence-electron chi connectivity index (χ0n) is 26.2. The number of aryl methyl sites for hydroxylation is 1. The molecule has 0 bridgehead atoms. The van der Waals surface area contributed by atoms with Crippen molar-refractivity contribution in [1.82, 2.24) is 39.3 Å². The zero-order valence-corrected chi connectivity index (χ0v) is 27.2. The maximum absolute atomic E-state index is 13.4. The lowest BCUT2D eigenvalue weighted by atomic mass is 10.1. The van der Waals surface area contributed by atoms with Gasteiger partial charge in [0, 0.05) is 45.8 Å². The molecular weight excluding hydrogens is 639 g/mol. The van der Waals surface area contributed by atoms with E-state index in [0.29, 0.717) is 41.0 Å². The molecule has 0 aliphatic heterocycles. The molecule has 0 atom stereocenters. The molecule has 0 N–H and O–H groups in total. The van der Waals surface area contributed by atoms with Crippen LogP contribution in [0.1, 0.15) is 41.4 Å². The third kappa shape index (κ3) is 7.48. The first-order valence-corrected chi connectivity index (χ1v) is 18.8. The topological polar surface area (TPSA) is 106 Å². The summed E-state index contributed by atoms with van der Waals surface area (Å²) in [6.45, 7) is 4.41. The molecule has 1 fully saturated rings. The highest BCUT2D eigenvalue weighted by Gasteiger charge is 2.35. The van der Waals surface area contributed by atoms with Crippen LogP contribution in [0, 0.1) is 0 Å². The second-order valence-electron chi connectivity index (χ2n) is 12.7. The number of benzene rings is 1. The van der Waals surface area contributed by atoms with Gasteiger partial charge in [-0.25, -0.2) is 29.6 Å². The average Bonchev–Trinajstić information content (AvgIpc) is 3.69. The minimum atomic E-state index is -4.55. The number of hydrogen-bond donors (Lipinski definition) is 0. The Balaban J connectivity index is 1.36. The van der Waals surface area contributed by atoms with Crippen LogP contribution >= 0.6 is 0 Å². The van der Waals surface area contributed by atoms with Gasteiger partial charge in [0.15, 0.2) is 11.5 Å². The van der Waals surface area contributed by atoms with Gasteiger partial charge in [0.25, 0.3) is 0 Å². The van der Waals surface area contributed by atoms with E-state index in [-0.39, 0.29) is 35.7 Å². The van der Waals surface area contributed by atoms with E-state index in [1.54, 1.807) is 35.1 Å². The molecule has 248 valence electrons. The molecule has 1 aromatic carbocycles. The minimum Gasteiger partial charge on any atom is -0.416 e. The summed E-state index contributed by atoms with van der Waals surface area (Å²) in [5.41, 5.74) is 2.79. The van der Waals surface area contributed by atoms with Crippen LogP contribution in [0.2, 0.25) is 25.7 Å². The SMILES string of the molecule is Cn1cc(C(F)(F)F)nc1-c1ccc(Cc2nn(COCC[Si](C)(C)C)c3cnc(-c4c(OC(F)F)ncnc4C4CC4)nc23)cc1. The standard InChI is InChI=1S/C31H33F5N8O2Si/c1-43-15-23(31(34,35)36)40-28(43)20-7-5-18(6-8-20)13-21-26-22(44(42-21)17-45-11-12-47(2,3)4)14-37-27(41-26)24-25(19-9-10-19)38-16-39-29(24)46-30(32)33/h5-8,14-16,19,30H,9-13,17H2,1-4H3. The van der Waals surface area contributed by atoms with Crippen molar-refractivity contribution in [1.29, 1.82) is 0 Å². The van der Waals surface area contributed by atoms with E-state index in [1.807, 2.05) is 0 Å². The predicted octanol–water partition coefficient (Wildman–Crippen LogP) is 7.08. The Morgan fingerprint density at radius 1 is 1.02 bits per heavy atom. The maximum Gasteiger partial charge on any atom is 0.434 e. The molecule has 1 aliphatic carbocycles. The number of fused-ring (bicyclic) bond motifs is 1. The Morgan fingerprint density at radius 2 is 1.77 bits per heavy atom. The smallest absolute Gasteiger partial charge is 0.416 e. The van der Waals surface area contributed by atoms with Crippen molar-refractivity contribution in [3.05, 3.63) is 65.6 Å². The normalized spacial score (nSPS) is 14.0. The minimum absolute atomic E-state index is 0.0683. The third-order valence-electron chi connectivity index (χ3n) is 7.75. The van der Waals surface area contributed by atoms with E-state index >= 15 is 0 Å². The van der Waals surface area contributed by atoms with Gasteiger partial charge in [0.2, 0.25) is 5.88 Å². The molecule has 1 saturated carbocycles. The Hall–Kier alpha value is -4.31. The number of hydrogen-bond acceptors (Lipinski definition) is 8. The summed E-state index contributed by atoms with van der Waals surface area (Å²) in [6, 6.07) is 7.96. The van der Waals surface area contributed by atoms with E-state index in [0.717, 1.165) is 30.6 Å². The van der Waals surface area contributed by atoms with Crippen LogP contribution < -0.4 is 4.74 Å². The molecule has 0 unspecified atom stereocenters. The molecule has 4 heterocycles. The summed E-state index contributed by atoms with van der Waals surface area (Å²) >= 11 is 0. The van der Waals surface area contributed by atoms with E-state index < -0.39 is 26.6 Å². The molecule has 0 spiro atoms. The average molecular weight is 673 g/mol. The molecule has 5 aromatic rings. The lowest BCUT2D eigenvalue weighted by Gasteiger charge is -2.15. The second-order valence-corrected chi connectivity index (χ2v) is 18.4. The first-order valence-electron chi connectivity index (χ1n) is 15.1. The van der Waals surface area contributed by atoms with Gasteiger partial charge in [-0.3, -0.25) is 0 Å². The number of aromatic nitrogens is 8. The predicted molar refractivity (Wildman–Crippen MR) is 166 cm³/mol. The van der Waals surface area contributed by atoms with Crippen molar-refractivity contribution in [3.63, 3.8) is 0 Å². The Kier molecular flexibility index (Phi) is 8.82. The molecule has 10 nitrogen and oxygen atoms in total. The largest absolute Gasteiger partial charge is 0.434 e. The van der Waals surface area contributed by atoms with Crippen LogP contribution in [0.4, 0.5) is 22.0 Å². The molecule has 0 saturated heterocycles. The highest BCUT2D eigenvalue weighted by atomic mass is 28.3. The van der Waals surface area contributed by atoms with Crippen LogP contribution in [-0.2, 0) is 31.1 Å². The van der Waals surface area contributed by atoms with E-state index in [4.69, 9.17) is 19.6 Å². The molecule has 0 amide bonds. The van der Waals surface area contributed by atoms with Crippen molar-refractivity contribution >= 4 is 19.1 Å². The maximum atomic E-state index is 13.4. The number of alkyl halides is 5. The first-order chi connectivity index (χ1) is 22.3. The van der Waals surface area contributed by atoms with Crippen LogP contribution in [0.5, 0.6) is 5.88 Å². The molecule has 0 radical (unpaired) electrons. The van der Waals surface area contributed by atoms with E-state index in [9.17, 15) is 22.0 Å².